The Morgan fingerprint density at radius 2 is 2.24 bits per heavy atom. The molecule has 2 aliphatic heterocycles. The van der Waals surface area contributed by atoms with Gasteiger partial charge in [-0.2, -0.15) is 5.06 Å². The van der Waals surface area contributed by atoms with Crippen LogP contribution in [-0.2, 0) is 9.57 Å². The molecule has 0 bridgehead atoms. The Hall–Kier alpha value is -0.200. The van der Waals surface area contributed by atoms with Gasteiger partial charge in [0.1, 0.15) is 6.73 Å². The molecule has 2 saturated heterocycles. The van der Waals surface area contributed by atoms with Crippen molar-refractivity contribution >= 4 is 0 Å². The lowest BCUT2D eigenvalue weighted by Gasteiger charge is -2.38. The molecule has 5 nitrogen and oxygen atoms in total. The number of hydrogen-bond donors (Lipinski definition) is 2. The number of nitrogens with zero attached hydrogens (tertiary/aromatic N) is 1. The molecule has 17 heavy (non-hydrogen) atoms. The molecule has 0 aromatic heterocycles. The van der Waals surface area contributed by atoms with Crippen LogP contribution >= 0.6 is 0 Å². The van der Waals surface area contributed by atoms with E-state index >= 15 is 0 Å². The highest BCUT2D eigenvalue weighted by Gasteiger charge is 2.29. The van der Waals surface area contributed by atoms with Gasteiger partial charge in [0.25, 0.3) is 0 Å². The first-order valence-electron chi connectivity index (χ1n) is 6.51. The lowest BCUT2D eigenvalue weighted by molar-refractivity contribution is -0.221. The van der Waals surface area contributed by atoms with E-state index in [9.17, 15) is 0 Å². The molecule has 1 unspecified atom stereocenters. The lowest BCUT2D eigenvalue weighted by atomic mass is 9.89. The van der Waals surface area contributed by atoms with Gasteiger partial charge >= 0.3 is 0 Å². The van der Waals surface area contributed by atoms with Crippen LogP contribution in [0.4, 0.5) is 0 Å². The van der Waals surface area contributed by atoms with Crippen molar-refractivity contribution in [3.8, 4) is 0 Å². The number of nitrogens with one attached hydrogen (secondary N) is 2. The van der Waals surface area contributed by atoms with Crippen molar-refractivity contribution in [1.82, 2.24) is 15.9 Å². The van der Waals surface area contributed by atoms with Gasteiger partial charge in [-0.15, -0.1) is 0 Å². The third-order valence-corrected chi connectivity index (χ3v) is 3.66. The summed E-state index contributed by atoms with van der Waals surface area (Å²) in [6.07, 6.45) is 1.20. The van der Waals surface area contributed by atoms with Gasteiger partial charge < -0.3 is 4.74 Å². The van der Waals surface area contributed by atoms with Crippen molar-refractivity contribution in [3.63, 3.8) is 0 Å². The molecule has 100 valence electrons. The van der Waals surface area contributed by atoms with Crippen LogP contribution in [0, 0.1) is 11.3 Å². The minimum Gasteiger partial charge on any atom is -0.365 e. The first-order valence-corrected chi connectivity index (χ1v) is 6.51. The van der Waals surface area contributed by atoms with Crippen LogP contribution in [0.5, 0.6) is 0 Å². The molecule has 2 heterocycles. The Bertz CT molecular complexity index is 238. The summed E-state index contributed by atoms with van der Waals surface area (Å²) >= 11 is 0. The standard InChI is InChI=1S/C12H25N3O2/c1-10-11(7-16-9-13-14-10)6-15-5-4-12(2,3)8-17-15/h10-11,13-14H,4-9H2,1-3H3/t10-,11?/m1/s1. The average Bonchev–Trinajstić information content (AvgIpc) is 2.47. The molecule has 2 fully saturated rings. The molecule has 0 radical (unpaired) electrons. The van der Waals surface area contributed by atoms with Gasteiger partial charge in [-0.25, -0.2) is 5.43 Å². The van der Waals surface area contributed by atoms with E-state index in [-0.39, 0.29) is 0 Å². The fourth-order valence-corrected chi connectivity index (χ4v) is 2.17. The summed E-state index contributed by atoms with van der Waals surface area (Å²) in [5, 5.41) is 2.10. The van der Waals surface area contributed by atoms with Crippen LogP contribution < -0.4 is 10.9 Å². The predicted molar refractivity (Wildman–Crippen MR) is 66.0 cm³/mol. The summed E-state index contributed by atoms with van der Waals surface area (Å²) in [4.78, 5) is 5.81. The molecular formula is C12H25N3O2. The first kappa shape index (κ1) is 13.2. The van der Waals surface area contributed by atoms with Gasteiger partial charge in [0.15, 0.2) is 0 Å². The quantitative estimate of drug-likeness (QED) is 0.749. The lowest BCUT2D eigenvalue weighted by Crippen LogP contribution is -2.47. The molecule has 2 aliphatic rings. The van der Waals surface area contributed by atoms with Gasteiger partial charge in [-0.1, -0.05) is 13.8 Å². The number of hydrazine groups is 1. The highest BCUT2D eigenvalue weighted by molar-refractivity contribution is 4.77. The summed E-state index contributed by atoms with van der Waals surface area (Å²) in [7, 11) is 0. The number of hydroxylamine groups is 2. The molecule has 2 atom stereocenters. The van der Waals surface area contributed by atoms with Gasteiger partial charge in [-0.05, 0) is 18.8 Å². The summed E-state index contributed by atoms with van der Waals surface area (Å²) < 4.78 is 5.50. The van der Waals surface area contributed by atoms with Gasteiger partial charge in [0, 0.05) is 25.0 Å². The van der Waals surface area contributed by atoms with Crippen molar-refractivity contribution in [2.45, 2.75) is 33.2 Å². The summed E-state index contributed by atoms with van der Waals surface area (Å²) in [5.74, 6) is 0.464. The van der Waals surface area contributed by atoms with Crippen LogP contribution in [0.3, 0.4) is 0 Å². The van der Waals surface area contributed by atoms with Crippen LogP contribution in [0.1, 0.15) is 27.2 Å². The topological polar surface area (TPSA) is 45.8 Å². The van der Waals surface area contributed by atoms with E-state index in [4.69, 9.17) is 9.57 Å². The predicted octanol–water partition coefficient (Wildman–Crippen LogP) is 0.736. The molecule has 0 aromatic rings. The van der Waals surface area contributed by atoms with Crippen molar-refractivity contribution in [2.75, 3.05) is 33.0 Å². The van der Waals surface area contributed by atoms with Crippen LogP contribution in [-0.4, -0.2) is 44.1 Å². The van der Waals surface area contributed by atoms with Crippen LogP contribution in [0.2, 0.25) is 0 Å². The Balaban J connectivity index is 1.80. The fourth-order valence-electron chi connectivity index (χ4n) is 2.17. The smallest absolute Gasteiger partial charge is 0.109 e. The second-order valence-corrected chi connectivity index (χ2v) is 5.96. The van der Waals surface area contributed by atoms with Crippen molar-refractivity contribution in [3.05, 3.63) is 0 Å². The summed E-state index contributed by atoms with van der Waals surface area (Å²) in [5.41, 5.74) is 6.61. The summed E-state index contributed by atoms with van der Waals surface area (Å²) in [6, 6.07) is 0.399. The maximum Gasteiger partial charge on any atom is 0.109 e. The molecule has 0 saturated carbocycles. The molecule has 0 spiro atoms. The SMILES string of the molecule is C[C@H]1NNCOCC1CN1CCC(C)(C)CO1. The minimum absolute atomic E-state index is 0.321. The Kier molecular flexibility index (Phi) is 4.38. The third kappa shape index (κ3) is 3.89. The highest BCUT2D eigenvalue weighted by Crippen LogP contribution is 2.26. The van der Waals surface area contributed by atoms with Crippen molar-refractivity contribution < 1.29 is 9.57 Å². The van der Waals surface area contributed by atoms with E-state index in [0.29, 0.717) is 24.1 Å². The van der Waals surface area contributed by atoms with E-state index in [1.54, 1.807) is 0 Å². The third-order valence-electron chi connectivity index (χ3n) is 3.66. The molecule has 5 heteroatoms. The Labute approximate surface area is 104 Å². The molecular weight excluding hydrogens is 218 g/mol. The fraction of sp³-hybridized carbons (Fsp3) is 1.00. The van der Waals surface area contributed by atoms with Crippen LogP contribution in [0.15, 0.2) is 0 Å². The molecule has 2 N–H and O–H groups in total. The zero-order valence-corrected chi connectivity index (χ0v) is 11.2. The zero-order chi connectivity index (χ0) is 12.3. The maximum absolute atomic E-state index is 5.81. The minimum atomic E-state index is 0.321. The normalized spacial score (nSPS) is 35.5. The van der Waals surface area contributed by atoms with Crippen molar-refractivity contribution in [2.24, 2.45) is 11.3 Å². The first-order chi connectivity index (χ1) is 8.07. The zero-order valence-electron chi connectivity index (χ0n) is 11.2. The van der Waals surface area contributed by atoms with Crippen LogP contribution in [0.25, 0.3) is 0 Å². The molecule has 0 amide bonds. The number of hydrogen-bond acceptors (Lipinski definition) is 5. The Morgan fingerprint density at radius 3 is 2.94 bits per heavy atom. The van der Waals surface area contributed by atoms with Gasteiger partial charge in [0.05, 0.1) is 13.2 Å². The van der Waals surface area contributed by atoms with E-state index in [1.807, 2.05) is 0 Å². The Morgan fingerprint density at radius 1 is 1.41 bits per heavy atom. The molecule has 0 aromatic carbocycles. The molecule has 0 aliphatic carbocycles. The highest BCUT2D eigenvalue weighted by atomic mass is 16.7. The van der Waals surface area contributed by atoms with Gasteiger partial charge in [0.2, 0.25) is 0 Å². The van der Waals surface area contributed by atoms with Gasteiger partial charge in [-0.3, -0.25) is 10.3 Å². The molecule has 2 rings (SSSR count). The monoisotopic (exact) mass is 243 g/mol. The number of ether oxygens (including phenoxy) is 1. The van der Waals surface area contributed by atoms with E-state index in [2.05, 4.69) is 36.7 Å². The summed E-state index contributed by atoms with van der Waals surface area (Å²) in [6.45, 7) is 10.8. The van der Waals surface area contributed by atoms with Crippen molar-refractivity contribution in [1.29, 1.82) is 0 Å². The second-order valence-electron chi connectivity index (χ2n) is 5.96. The number of rotatable bonds is 2. The maximum atomic E-state index is 5.81. The largest absolute Gasteiger partial charge is 0.365 e. The van der Waals surface area contributed by atoms with E-state index in [0.717, 1.165) is 26.3 Å². The van der Waals surface area contributed by atoms with E-state index in [1.165, 1.54) is 6.42 Å². The average molecular weight is 243 g/mol. The second kappa shape index (κ2) is 5.63. The van der Waals surface area contributed by atoms with E-state index < -0.39 is 0 Å².